The Hall–Kier alpha value is -2.93. The van der Waals surface area contributed by atoms with Crippen molar-refractivity contribution >= 4 is 11.8 Å². The van der Waals surface area contributed by atoms with Crippen LogP contribution in [0.3, 0.4) is 0 Å². The van der Waals surface area contributed by atoms with E-state index in [0.29, 0.717) is 44.6 Å². The molecule has 6 nitrogen and oxygen atoms in total. The molecule has 2 aromatic rings. The second-order valence-electron chi connectivity index (χ2n) is 9.52. The van der Waals surface area contributed by atoms with Crippen molar-refractivity contribution in [2.75, 3.05) is 33.3 Å². The third kappa shape index (κ3) is 6.14. The molecule has 0 aliphatic carbocycles. The molecule has 0 spiro atoms. The smallest absolute Gasteiger partial charge is 0.220 e. The van der Waals surface area contributed by atoms with Crippen molar-refractivity contribution in [2.24, 2.45) is 0 Å². The zero-order chi connectivity index (χ0) is 24.0. The second-order valence-corrected chi connectivity index (χ2v) is 9.52. The van der Waals surface area contributed by atoms with Crippen molar-refractivity contribution in [1.29, 1.82) is 0 Å². The third-order valence-corrected chi connectivity index (χ3v) is 7.12. The summed E-state index contributed by atoms with van der Waals surface area (Å²) in [6, 6.07) is 15.4. The first-order valence-electron chi connectivity index (χ1n) is 12.1. The number of halogens is 1. The van der Waals surface area contributed by atoms with Gasteiger partial charge in [-0.2, -0.15) is 0 Å². The Kier molecular flexibility index (Phi) is 7.83. The normalized spacial score (nSPS) is 22.5. The Morgan fingerprint density at radius 2 is 2.09 bits per heavy atom. The van der Waals surface area contributed by atoms with Gasteiger partial charge in [0.2, 0.25) is 11.8 Å². The number of likely N-dealkylation sites (tertiary alicyclic amines) is 1. The quantitative estimate of drug-likeness (QED) is 0.562. The van der Waals surface area contributed by atoms with Crippen LogP contribution < -0.4 is 15.4 Å². The fourth-order valence-corrected chi connectivity index (χ4v) is 5.21. The average molecular weight is 468 g/mol. The van der Waals surface area contributed by atoms with Gasteiger partial charge < -0.3 is 20.3 Å². The highest BCUT2D eigenvalue weighted by molar-refractivity contribution is 5.80. The standard InChI is InChI=1S/C27H34FN3O3/c1-34-24-17-20(7-8-23(24)28)18-27(13-10-26(33)30-27)12-9-25(32)29-14-16-31-15-11-22(19-31)21-5-3-2-4-6-21/h2-8,17,22H,9-16,18-19H2,1H3,(H,29,32)(H,30,33)/t22-,27+/m1/s1. The van der Waals surface area contributed by atoms with E-state index in [2.05, 4.69) is 39.8 Å². The highest BCUT2D eigenvalue weighted by atomic mass is 19.1. The minimum atomic E-state index is -0.491. The van der Waals surface area contributed by atoms with Gasteiger partial charge in [-0.1, -0.05) is 36.4 Å². The average Bonchev–Trinajstić information content (AvgIpc) is 3.47. The monoisotopic (exact) mass is 467 g/mol. The summed E-state index contributed by atoms with van der Waals surface area (Å²) in [7, 11) is 1.43. The van der Waals surface area contributed by atoms with Gasteiger partial charge >= 0.3 is 0 Å². The number of amides is 2. The minimum absolute atomic E-state index is 0.00325. The van der Waals surface area contributed by atoms with Gasteiger partial charge in [0.15, 0.2) is 11.6 Å². The summed E-state index contributed by atoms with van der Waals surface area (Å²) in [5, 5.41) is 6.13. The molecule has 2 saturated heterocycles. The Morgan fingerprint density at radius 3 is 2.82 bits per heavy atom. The number of rotatable bonds is 10. The molecule has 2 N–H and O–H groups in total. The van der Waals surface area contributed by atoms with Crippen LogP contribution in [-0.2, 0) is 16.0 Å². The van der Waals surface area contributed by atoms with Gasteiger partial charge in [0.25, 0.3) is 0 Å². The Balaban J connectivity index is 1.24. The molecule has 2 aromatic carbocycles. The first kappa shape index (κ1) is 24.2. The van der Waals surface area contributed by atoms with E-state index in [1.807, 2.05) is 6.07 Å². The Bertz CT molecular complexity index is 1000. The summed E-state index contributed by atoms with van der Waals surface area (Å²) in [5.41, 5.74) is 1.77. The van der Waals surface area contributed by atoms with Gasteiger partial charge in [0, 0.05) is 38.0 Å². The van der Waals surface area contributed by atoms with Crippen LogP contribution in [0.5, 0.6) is 5.75 Å². The fourth-order valence-electron chi connectivity index (χ4n) is 5.21. The fraction of sp³-hybridized carbons (Fsp3) is 0.481. The van der Waals surface area contributed by atoms with E-state index < -0.39 is 11.4 Å². The number of carbonyl (C=O) groups excluding carboxylic acids is 2. The molecule has 0 bridgehead atoms. The lowest BCUT2D eigenvalue weighted by Crippen LogP contribution is -2.44. The molecule has 182 valence electrons. The second kappa shape index (κ2) is 11.0. The predicted molar refractivity (Wildman–Crippen MR) is 129 cm³/mol. The Labute approximate surface area is 200 Å². The SMILES string of the molecule is COc1cc(C[C@]2(CCC(=O)NCCN3CC[C@@H](c4ccccc4)C3)CCC(=O)N2)ccc1F. The van der Waals surface area contributed by atoms with Crippen molar-refractivity contribution in [3.05, 3.63) is 65.5 Å². The van der Waals surface area contributed by atoms with Crippen LogP contribution in [0.4, 0.5) is 4.39 Å². The molecule has 0 radical (unpaired) electrons. The van der Waals surface area contributed by atoms with E-state index in [1.54, 1.807) is 12.1 Å². The van der Waals surface area contributed by atoms with Gasteiger partial charge in [-0.05, 0) is 61.4 Å². The zero-order valence-corrected chi connectivity index (χ0v) is 19.8. The molecule has 0 saturated carbocycles. The lowest BCUT2D eigenvalue weighted by atomic mass is 9.85. The molecule has 0 unspecified atom stereocenters. The van der Waals surface area contributed by atoms with E-state index in [0.717, 1.165) is 31.6 Å². The number of hydrogen-bond acceptors (Lipinski definition) is 4. The highest BCUT2D eigenvalue weighted by Gasteiger charge is 2.38. The van der Waals surface area contributed by atoms with Gasteiger partial charge in [-0.15, -0.1) is 0 Å². The molecular weight excluding hydrogens is 433 g/mol. The molecule has 0 aromatic heterocycles. The van der Waals surface area contributed by atoms with Crippen LogP contribution in [0, 0.1) is 5.82 Å². The molecular formula is C27H34FN3O3. The van der Waals surface area contributed by atoms with E-state index >= 15 is 0 Å². The van der Waals surface area contributed by atoms with Crippen LogP contribution >= 0.6 is 0 Å². The summed E-state index contributed by atoms with van der Waals surface area (Å²) in [5.74, 6) is 0.328. The number of ether oxygens (including phenoxy) is 1. The molecule has 7 heteroatoms. The van der Waals surface area contributed by atoms with Crippen LogP contribution in [0.2, 0.25) is 0 Å². The topological polar surface area (TPSA) is 70.7 Å². The van der Waals surface area contributed by atoms with Gasteiger partial charge in [0.05, 0.1) is 7.11 Å². The molecule has 2 amide bonds. The van der Waals surface area contributed by atoms with Crippen LogP contribution in [0.25, 0.3) is 0 Å². The molecule has 4 rings (SSSR count). The van der Waals surface area contributed by atoms with Gasteiger partial charge in [0.1, 0.15) is 0 Å². The van der Waals surface area contributed by atoms with E-state index in [4.69, 9.17) is 4.74 Å². The molecule has 2 aliphatic rings. The van der Waals surface area contributed by atoms with Crippen molar-refractivity contribution in [3.63, 3.8) is 0 Å². The number of methoxy groups -OCH3 is 1. The van der Waals surface area contributed by atoms with Crippen LogP contribution in [0.15, 0.2) is 48.5 Å². The summed E-state index contributed by atoms with van der Waals surface area (Å²) in [6.45, 7) is 3.53. The largest absolute Gasteiger partial charge is 0.494 e. The maximum absolute atomic E-state index is 13.8. The van der Waals surface area contributed by atoms with Crippen LogP contribution in [-0.4, -0.2) is 55.5 Å². The summed E-state index contributed by atoms with van der Waals surface area (Å²) >= 11 is 0. The van der Waals surface area contributed by atoms with Gasteiger partial charge in [-0.25, -0.2) is 4.39 Å². The molecule has 2 aliphatic heterocycles. The summed E-state index contributed by atoms with van der Waals surface area (Å²) in [6.07, 6.45) is 3.67. The molecule has 34 heavy (non-hydrogen) atoms. The number of benzene rings is 2. The third-order valence-electron chi connectivity index (χ3n) is 7.12. The van der Waals surface area contributed by atoms with Crippen molar-refractivity contribution in [2.45, 2.75) is 50.0 Å². The number of carbonyl (C=O) groups is 2. The highest BCUT2D eigenvalue weighted by Crippen LogP contribution is 2.31. The first-order chi connectivity index (χ1) is 16.5. The summed E-state index contributed by atoms with van der Waals surface area (Å²) in [4.78, 5) is 27.0. The predicted octanol–water partition coefficient (Wildman–Crippen LogP) is 3.41. The van der Waals surface area contributed by atoms with Crippen molar-refractivity contribution < 1.29 is 18.7 Å². The van der Waals surface area contributed by atoms with Crippen molar-refractivity contribution in [1.82, 2.24) is 15.5 Å². The number of nitrogens with zero attached hydrogens (tertiary/aromatic N) is 1. The maximum atomic E-state index is 13.8. The maximum Gasteiger partial charge on any atom is 0.220 e. The van der Waals surface area contributed by atoms with E-state index in [9.17, 15) is 14.0 Å². The minimum Gasteiger partial charge on any atom is -0.494 e. The lowest BCUT2D eigenvalue weighted by molar-refractivity contribution is -0.122. The zero-order valence-electron chi connectivity index (χ0n) is 19.8. The van der Waals surface area contributed by atoms with Gasteiger partial charge in [-0.3, -0.25) is 9.59 Å². The van der Waals surface area contributed by atoms with E-state index in [1.165, 1.54) is 18.7 Å². The van der Waals surface area contributed by atoms with E-state index in [-0.39, 0.29) is 17.6 Å². The summed E-state index contributed by atoms with van der Waals surface area (Å²) < 4.78 is 18.9. The Morgan fingerprint density at radius 1 is 1.26 bits per heavy atom. The van der Waals surface area contributed by atoms with Crippen LogP contribution in [0.1, 0.15) is 49.1 Å². The lowest BCUT2D eigenvalue weighted by Gasteiger charge is -2.29. The number of nitrogens with one attached hydrogen (secondary N) is 2. The molecule has 2 heterocycles. The first-order valence-corrected chi connectivity index (χ1v) is 12.1. The molecule has 2 atom stereocenters. The number of hydrogen-bond donors (Lipinski definition) is 2. The van der Waals surface area contributed by atoms with Crippen molar-refractivity contribution in [3.8, 4) is 5.75 Å². The molecule has 2 fully saturated rings.